The zero-order valence-electron chi connectivity index (χ0n) is 15.0. The first-order valence-electron chi connectivity index (χ1n) is 8.06. The summed E-state index contributed by atoms with van der Waals surface area (Å²) in [6.45, 7) is 3.48. The van der Waals surface area contributed by atoms with Gasteiger partial charge in [0.25, 0.3) is 11.7 Å². The normalized spacial score (nSPS) is 12.0. The van der Waals surface area contributed by atoms with E-state index in [4.69, 9.17) is 0 Å². The molecule has 146 valence electrons. The maximum atomic E-state index is 12.7. The van der Waals surface area contributed by atoms with E-state index >= 15 is 0 Å². The number of carbonyl (C=O) groups excluding carboxylic acids is 1. The second kappa shape index (κ2) is 8.81. The highest BCUT2D eigenvalue weighted by molar-refractivity contribution is 7.99. The van der Waals surface area contributed by atoms with Crippen LogP contribution in [0.15, 0.2) is 58.3 Å². The summed E-state index contributed by atoms with van der Waals surface area (Å²) in [6, 6.07) is 11.6. The lowest BCUT2D eigenvalue weighted by Crippen LogP contribution is -2.33. The molecule has 27 heavy (non-hydrogen) atoms. The molecule has 0 aliphatic rings. The zero-order valence-corrected chi connectivity index (χ0v) is 16.7. The number of sulfonamides is 1. The van der Waals surface area contributed by atoms with Crippen LogP contribution in [0.1, 0.15) is 24.2 Å². The fraction of sp³-hybridized carbons (Fsp3) is 0.278. The molecule has 1 N–H and O–H groups in total. The molecule has 0 bridgehead atoms. The number of carbonyl (C=O) groups is 1. The second-order valence-corrected chi connectivity index (χ2v) is 9.00. The number of hydrogen-bond donors (Lipinski definition) is 1. The summed E-state index contributed by atoms with van der Waals surface area (Å²) in [6.07, 6.45) is 0. The zero-order chi connectivity index (χ0) is 20.2. The van der Waals surface area contributed by atoms with Gasteiger partial charge in [-0.2, -0.15) is 13.1 Å². The number of hydrogen-bond acceptors (Lipinski definition) is 4. The van der Waals surface area contributed by atoms with Gasteiger partial charge in [0.1, 0.15) is 0 Å². The Balaban J connectivity index is 2.29. The van der Waals surface area contributed by atoms with Crippen LogP contribution in [0.5, 0.6) is 0 Å². The van der Waals surface area contributed by atoms with Crippen molar-refractivity contribution in [3.63, 3.8) is 0 Å². The number of rotatable bonds is 7. The van der Waals surface area contributed by atoms with E-state index in [0.29, 0.717) is 11.8 Å². The Morgan fingerprint density at radius 3 is 2.41 bits per heavy atom. The summed E-state index contributed by atoms with van der Waals surface area (Å²) in [5.74, 6) is -3.20. The molecule has 0 spiro atoms. The van der Waals surface area contributed by atoms with Crippen LogP contribution in [0.25, 0.3) is 0 Å². The number of halogens is 2. The number of nitrogens with one attached hydrogen (secondary N) is 1. The van der Waals surface area contributed by atoms with Gasteiger partial charge in [0.15, 0.2) is 0 Å². The molecule has 1 amide bonds. The van der Waals surface area contributed by atoms with E-state index in [1.807, 2.05) is 0 Å². The molecule has 0 aliphatic carbocycles. The number of alkyl halides is 2. The summed E-state index contributed by atoms with van der Waals surface area (Å²) in [7, 11) is -2.28. The number of nitrogens with zero attached hydrogens (tertiary/aromatic N) is 1. The van der Waals surface area contributed by atoms with Crippen molar-refractivity contribution in [3.8, 4) is 0 Å². The standard InChI is InChI=1S/C18H20F2N2O3S2/c1-12(2)22(3)27(24,25)14-8-6-7-13(11-14)17(23)21-15-9-4-5-10-16(15)26-18(19)20/h4-12,18H,1-3H3,(H,21,23). The van der Waals surface area contributed by atoms with Crippen LogP contribution in [-0.4, -0.2) is 37.5 Å². The number of amides is 1. The van der Waals surface area contributed by atoms with Crippen molar-refractivity contribution >= 4 is 33.4 Å². The molecule has 0 aromatic heterocycles. The van der Waals surface area contributed by atoms with Gasteiger partial charge >= 0.3 is 0 Å². The first kappa shape index (κ1) is 21.3. The van der Waals surface area contributed by atoms with Crippen molar-refractivity contribution in [2.75, 3.05) is 12.4 Å². The van der Waals surface area contributed by atoms with E-state index in [9.17, 15) is 22.0 Å². The van der Waals surface area contributed by atoms with Crippen LogP contribution in [0.4, 0.5) is 14.5 Å². The van der Waals surface area contributed by atoms with Gasteiger partial charge in [-0.1, -0.05) is 30.0 Å². The Morgan fingerprint density at radius 2 is 1.78 bits per heavy atom. The Kier molecular flexibility index (Phi) is 6.96. The highest BCUT2D eigenvalue weighted by atomic mass is 32.2. The quantitative estimate of drug-likeness (QED) is 0.687. The van der Waals surface area contributed by atoms with Crippen LogP contribution >= 0.6 is 11.8 Å². The summed E-state index contributed by atoms with van der Waals surface area (Å²) in [4.78, 5) is 12.7. The second-order valence-electron chi connectivity index (χ2n) is 5.97. The van der Waals surface area contributed by atoms with E-state index in [1.54, 1.807) is 26.0 Å². The van der Waals surface area contributed by atoms with Gasteiger partial charge in [-0.25, -0.2) is 8.42 Å². The van der Waals surface area contributed by atoms with Gasteiger partial charge in [-0.05, 0) is 44.2 Å². The summed E-state index contributed by atoms with van der Waals surface area (Å²) in [5, 5.41) is 2.56. The topological polar surface area (TPSA) is 66.5 Å². The molecule has 0 saturated carbocycles. The Hall–Kier alpha value is -1.97. The van der Waals surface area contributed by atoms with Crippen LogP contribution < -0.4 is 5.32 Å². The lowest BCUT2D eigenvalue weighted by Gasteiger charge is -2.21. The molecule has 9 heteroatoms. The maximum Gasteiger partial charge on any atom is 0.288 e. The Bertz CT molecular complexity index is 918. The van der Waals surface area contributed by atoms with E-state index < -0.39 is 21.7 Å². The van der Waals surface area contributed by atoms with Crippen molar-refractivity contribution in [2.45, 2.75) is 35.4 Å². The van der Waals surface area contributed by atoms with Gasteiger partial charge in [0.05, 0.1) is 10.6 Å². The van der Waals surface area contributed by atoms with E-state index in [0.717, 1.165) is 0 Å². The summed E-state index contributed by atoms with van der Waals surface area (Å²) < 4.78 is 51.7. The summed E-state index contributed by atoms with van der Waals surface area (Å²) >= 11 is 0.326. The SMILES string of the molecule is CC(C)N(C)S(=O)(=O)c1cccc(C(=O)Nc2ccccc2SC(F)F)c1. The molecule has 2 rings (SSSR count). The minimum absolute atomic E-state index is 0.0124. The molecule has 0 aliphatic heterocycles. The fourth-order valence-electron chi connectivity index (χ4n) is 2.20. The fourth-order valence-corrected chi connectivity index (χ4v) is 4.21. The molecule has 5 nitrogen and oxygen atoms in total. The van der Waals surface area contributed by atoms with Gasteiger partial charge in [0.2, 0.25) is 10.0 Å². The number of benzene rings is 2. The number of para-hydroxylation sites is 1. The average molecular weight is 414 g/mol. The van der Waals surface area contributed by atoms with Crippen molar-refractivity contribution in [1.82, 2.24) is 4.31 Å². The molecule has 0 saturated heterocycles. The Morgan fingerprint density at radius 1 is 1.11 bits per heavy atom. The highest BCUT2D eigenvalue weighted by Gasteiger charge is 2.24. The largest absolute Gasteiger partial charge is 0.321 e. The van der Waals surface area contributed by atoms with Crippen molar-refractivity contribution in [1.29, 1.82) is 0 Å². The molecule has 0 atom stereocenters. The van der Waals surface area contributed by atoms with Crippen LogP contribution in [0.3, 0.4) is 0 Å². The minimum atomic E-state index is -3.74. The van der Waals surface area contributed by atoms with Crippen LogP contribution in [0, 0.1) is 0 Å². The van der Waals surface area contributed by atoms with E-state index in [1.165, 1.54) is 47.8 Å². The molecule has 0 heterocycles. The van der Waals surface area contributed by atoms with Gasteiger partial charge in [-0.3, -0.25) is 4.79 Å². The first-order valence-corrected chi connectivity index (χ1v) is 10.4. The lowest BCUT2D eigenvalue weighted by atomic mass is 10.2. The molecular weight excluding hydrogens is 394 g/mol. The van der Waals surface area contributed by atoms with E-state index in [2.05, 4.69) is 5.32 Å². The smallest absolute Gasteiger partial charge is 0.288 e. The first-order chi connectivity index (χ1) is 12.6. The lowest BCUT2D eigenvalue weighted by molar-refractivity contribution is 0.102. The maximum absolute atomic E-state index is 12.7. The molecular formula is C18H20F2N2O3S2. The average Bonchev–Trinajstić information content (AvgIpc) is 2.62. The third-order valence-electron chi connectivity index (χ3n) is 3.85. The predicted octanol–water partition coefficient (Wildman–Crippen LogP) is 4.28. The molecule has 2 aromatic carbocycles. The van der Waals surface area contributed by atoms with Gasteiger partial charge in [-0.15, -0.1) is 0 Å². The highest BCUT2D eigenvalue weighted by Crippen LogP contribution is 2.32. The third kappa shape index (κ3) is 5.27. The Labute approximate surface area is 161 Å². The molecule has 0 radical (unpaired) electrons. The summed E-state index contributed by atoms with van der Waals surface area (Å²) in [5.41, 5.74) is 0.352. The van der Waals surface area contributed by atoms with Gasteiger partial charge in [0, 0.05) is 23.5 Å². The van der Waals surface area contributed by atoms with Gasteiger partial charge < -0.3 is 5.32 Å². The minimum Gasteiger partial charge on any atom is -0.321 e. The predicted molar refractivity (Wildman–Crippen MR) is 103 cm³/mol. The van der Waals surface area contributed by atoms with E-state index in [-0.39, 0.29) is 27.1 Å². The molecule has 0 unspecified atom stereocenters. The van der Waals surface area contributed by atoms with Crippen molar-refractivity contribution in [3.05, 3.63) is 54.1 Å². The molecule has 2 aromatic rings. The van der Waals surface area contributed by atoms with Crippen molar-refractivity contribution < 1.29 is 22.0 Å². The monoisotopic (exact) mass is 414 g/mol. The third-order valence-corrected chi connectivity index (χ3v) is 6.67. The van der Waals surface area contributed by atoms with Crippen LogP contribution in [-0.2, 0) is 10.0 Å². The number of anilines is 1. The van der Waals surface area contributed by atoms with Crippen molar-refractivity contribution in [2.24, 2.45) is 0 Å². The molecule has 0 fully saturated rings. The van der Waals surface area contributed by atoms with Crippen LogP contribution in [0.2, 0.25) is 0 Å². The number of thioether (sulfide) groups is 1.